The third-order valence-corrected chi connectivity index (χ3v) is 4.49. The zero-order chi connectivity index (χ0) is 12.0. The highest BCUT2D eigenvalue weighted by atomic mass is 32.1. The van der Waals surface area contributed by atoms with Crippen molar-refractivity contribution in [3.63, 3.8) is 0 Å². The van der Waals surface area contributed by atoms with Crippen LogP contribution in [-0.2, 0) is 12.8 Å². The average molecular weight is 248 g/mol. The van der Waals surface area contributed by atoms with E-state index in [-0.39, 0.29) is 0 Å². The number of rotatable bonds is 1. The lowest BCUT2D eigenvalue weighted by Crippen LogP contribution is -2.20. The number of nitrogen functional groups attached to an aromatic ring is 1. The summed E-state index contributed by atoms with van der Waals surface area (Å²) in [7, 11) is 0. The first-order chi connectivity index (χ1) is 8.05. The van der Waals surface area contributed by atoms with Crippen molar-refractivity contribution in [2.45, 2.75) is 33.1 Å². The average Bonchev–Trinajstić information content (AvgIpc) is 2.81. The van der Waals surface area contributed by atoms with E-state index < -0.39 is 0 Å². The molecule has 1 aliphatic carbocycles. The second-order valence-corrected chi connectivity index (χ2v) is 6.51. The molecular weight excluding hydrogens is 232 g/mol. The summed E-state index contributed by atoms with van der Waals surface area (Å²) in [5.41, 5.74) is 8.42. The van der Waals surface area contributed by atoms with Gasteiger partial charge in [0, 0.05) is 4.88 Å². The summed E-state index contributed by atoms with van der Waals surface area (Å²) in [6.07, 6.45) is 5.17. The highest BCUT2D eigenvalue weighted by Gasteiger charge is 2.28. The molecule has 0 amide bonds. The van der Waals surface area contributed by atoms with Crippen LogP contribution >= 0.6 is 11.3 Å². The molecule has 5 heteroatoms. The van der Waals surface area contributed by atoms with Crippen molar-refractivity contribution in [2.24, 2.45) is 5.41 Å². The molecule has 3 rings (SSSR count). The van der Waals surface area contributed by atoms with Gasteiger partial charge in [0.05, 0.1) is 17.5 Å². The van der Waals surface area contributed by atoms with Crippen molar-refractivity contribution in [3.05, 3.63) is 16.8 Å². The SMILES string of the molecule is CC1(C)CCc2nc(-c3cn[nH]c3N)sc2C1. The molecule has 2 aromatic rings. The van der Waals surface area contributed by atoms with E-state index in [0.717, 1.165) is 23.4 Å². The van der Waals surface area contributed by atoms with Crippen molar-refractivity contribution >= 4 is 17.2 Å². The molecular formula is C12H16N4S. The zero-order valence-electron chi connectivity index (χ0n) is 10.1. The van der Waals surface area contributed by atoms with Gasteiger partial charge in [-0.1, -0.05) is 13.8 Å². The molecule has 0 radical (unpaired) electrons. The van der Waals surface area contributed by atoms with Crippen LogP contribution in [-0.4, -0.2) is 15.2 Å². The highest BCUT2D eigenvalue weighted by molar-refractivity contribution is 7.15. The minimum Gasteiger partial charge on any atom is -0.383 e. The molecule has 0 unspecified atom stereocenters. The van der Waals surface area contributed by atoms with Gasteiger partial charge >= 0.3 is 0 Å². The third kappa shape index (κ3) is 1.84. The van der Waals surface area contributed by atoms with Gasteiger partial charge in [-0.05, 0) is 24.7 Å². The van der Waals surface area contributed by atoms with Gasteiger partial charge in [0.15, 0.2) is 0 Å². The first-order valence-electron chi connectivity index (χ1n) is 5.83. The summed E-state index contributed by atoms with van der Waals surface area (Å²) in [4.78, 5) is 6.11. The summed E-state index contributed by atoms with van der Waals surface area (Å²) in [5.74, 6) is 0.607. The Bertz CT molecular complexity index is 553. The first kappa shape index (κ1) is 10.8. The number of aryl methyl sites for hydroxylation is 1. The molecule has 0 atom stereocenters. The molecule has 0 aromatic carbocycles. The van der Waals surface area contributed by atoms with Crippen molar-refractivity contribution < 1.29 is 0 Å². The molecule has 4 nitrogen and oxygen atoms in total. The molecule has 0 spiro atoms. The Morgan fingerprint density at radius 2 is 2.29 bits per heavy atom. The summed E-state index contributed by atoms with van der Waals surface area (Å²) in [5, 5.41) is 7.71. The number of hydrogen-bond donors (Lipinski definition) is 2. The van der Waals surface area contributed by atoms with Crippen LogP contribution in [0, 0.1) is 5.41 Å². The van der Waals surface area contributed by atoms with Crippen LogP contribution in [0.25, 0.3) is 10.6 Å². The van der Waals surface area contributed by atoms with Gasteiger partial charge in [-0.25, -0.2) is 4.98 Å². The van der Waals surface area contributed by atoms with E-state index in [4.69, 9.17) is 10.7 Å². The molecule has 0 fully saturated rings. The summed E-state index contributed by atoms with van der Waals surface area (Å²) in [6, 6.07) is 0. The van der Waals surface area contributed by atoms with Crippen molar-refractivity contribution in [1.29, 1.82) is 0 Å². The molecule has 2 aromatic heterocycles. The Labute approximate surface area is 104 Å². The number of nitrogens with one attached hydrogen (secondary N) is 1. The predicted molar refractivity (Wildman–Crippen MR) is 69.9 cm³/mol. The minimum absolute atomic E-state index is 0.402. The number of nitrogens with zero attached hydrogens (tertiary/aromatic N) is 2. The number of aromatic nitrogens is 3. The van der Waals surface area contributed by atoms with E-state index in [0.29, 0.717) is 11.2 Å². The van der Waals surface area contributed by atoms with Crippen molar-refractivity contribution in [2.75, 3.05) is 5.73 Å². The summed E-state index contributed by atoms with van der Waals surface area (Å²) >= 11 is 1.76. The predicted octanol–water partition coefficient (Wildman–Crippen LogP) is 2.63. The minimum atomic E-state index is 0.402. The fraction of sp³-hybridized carbons (Fsp3) is 0.500. The lowest BCUT2D eigenvalue weighted by atomic mass is 9.79. The van der Waals surface area contributed by atoms with Crippen LogP contribution in [0.2, 0.25) is 0 Å². The van der Waals surface area contributed by atoms with Gasteiger partial charge in [-0.15, -0.1) is 11.3 Å². The molecule has 0 aliphatic heterocycles. The van der Waals surface area contributed by atoms with Gasteiger partial charge < -0.3 is 5.73 Å². The van der Waals surface area contributed by atoms with Gasteiger partial charge in [-0.2, -0.15) is 5.10 Å². The normalized spacial score (nSPS) is 18.0. The van der Waals surface area contributed by atoms with Gasteiger partial charge in [0.1, 0.15) is 10.8 Å². The molecule has 0 saturated heterocycles. The van der Waals surface area contributed by atoms with Crippen molar-refractivity contribution in [1.82, 2.24) is 15.2 Å². The first-order valence-corrected chi connectivity index (χ1v) is 6.65. The topological polar surface area (TPSA) is 67.6 Å². The maximum absolute atomic E-state index is 5.83. The lowest BCUT2D eigenvalue weighted by molar-refractivity contribution is 0.316. The van der Waals surface area contributed by atoms with Crippen molar-refractivity contribution in [3.8, 4) is 10.6 Å². The molecule has 1 aliphatic rings. The molecule has 90 valence electrons. The lowest BCUT2D eigenvalue weighted by Gasteiger charge is -2.28. The van der Waals surface area contributed by atoms with Crippen LogP contribution in [0.5, 0.6) is 0 Å². The Morgan fingerprint density at radius 3 is 3.00 bits per heavy atom. The zero-order valence-corrected chi connectivity index (χ0v) is 10.9. The highest BCUT2D eigenvalue weighted by Crippen LogP contribution is 2.40. The molecule has 2 heterocycles. The van der Waals surface area contributed by atoms with Crippen LogP contribution in [0.1, 0.15) is 30.8 Å². The quantitative estimate of drug-likeness (QED) is 0.815. The molecule has 0 bridgehead atoms. The Kier molecular flexibility index (Phi) is 2.26. The molecule has 3 N–H and O–H groups in total. The van der Waals surface area contributed by atoms with Gasteiger partial charge in [0.25, 0.3) is 0 Å². The number of nitrogens with two attached hydrogens (primary N) is 1. The summed E-state index contributed by atoms with van der Waals surface area (Å²) < 4.78 is 0. The largest absolute Gasteiger partial charge is 0.383 e. The van der Waals surface area contributed by atoms with E-state index in [1.54, 1.807) is 17.5 Å². The van der Waals surface area contributed by atoms with Crippen LogP contribution in [0.15, 0.2) is 6.20 Å². The van der Waals surface area contributed by atoms with E-state index in [2.05, 4.69) is 24.0 Å². The maximum atomic E-state index is 5.83. The Balaban J connectivity index is 2.01. The maximum Gasteiger partial charge on any atom is 0.129 e. The fourth-order valence-electron chi connectivity index (χ4n) is 2.28. The number of aromatic amines is 1. The van der Waals surface area contributed by atoms with E-state index in [1.807, 2.05) is 0 Å². The van der Waals surface area contributed by atoms with Crippen LogP contribution in [0.3, 0.4) is 0 Å². The third-order valence-electron chi connectivity index (χ3n) is 3.36. The molecule has 0 saturated carbocycles. The van der Waals surface area contributed by atoms with Gasteiger partial charge in [0.2, 0.25) is 0 Å². The van der Waals surface area contributed by atoms with E-state index in [1.165, 1.54) is 17.0 Å². The molecule has 17 heavy (non-hydrogen) atoms. The summed E-state index contributed by atoms with van der Waals surface area (Å²) in [6.45, 7) is 4.64. The monoisotopic (exact) mass is 248 g/mol. The number of anilines is 1. The number of hydrogen-bond acceptors (Lipinski definition) is 4. The Morgan fingerprint density at radius 1 is 1.47 bits per heavy atom. The number of fused-ring (bicyclic) bond motifs is 1. The van der Waals surface area contributed by atoms with E-state index >= 15 is 0 Å². The second kappa shape index (κ2) is 3.57. The number of thiazole rings is 1. The van der Waals surface area contributed by atoms with Crippen LogP contribution < -0.4 is 5.73 Å². The Hall–Kier alpha value is -1.36. The number of H-pyrrole nitrogens is 1. The van der Waals surface area contributed by atoms with Crippen LogP contribution in [0.4, 0.5) is 5.82 Å². The standard InChI is InChI=1S/C12H16N4S/c1-12(2)4-3-8-9(5-12)17-11(15-8)7-6-14-16-10(7)13/h6H,3-5H2,1-2H3,(H3,13,14,16). The second-order valence-electron chi connectivity index (χ2n) is 5.43. The van der Waals surface area contributed by atoms with Gasteiger partial charge in [-0.3, -0.25) is 5.10 Å². The van der Waals surface area contributed by atoms with E-state index in [9.17, 15) is 0 Å². The smallest absolute Gasteiger partial charge is 0.129 e. The fourth-order valence-corrected chi connectivity index (χ4v) is 3.67.